The number of anilines is 1. The quantitative estimate of drug-likeness (QED) is 0.753. The number of hydrogen-bond acceptors (Lipinski definition) is 2. The molecule has 3 rings (SSSR count). The average Bonchev–Trinajstić information content (AvgIpc) is 2.43. The molecule has 0 bridgehead atoms. The van der Waals surface area contributed by atoms with E-state index in [9.17, 15) is 9.59 Å². The number of nitrogens with zero attached hydrogens (tertiary/aromatic N) is 1. The Morgan fingerprint density at radius 1 is 0.950 bits per heavy atom. The number of imide groups is 1. The number of rotatable bonds is 1. The van der Waals surface area contributed by atoms with Crippen molar-refractivity contribution in [1.82, 2.24) is 0 Å². The minimum absolute atomic E-state index is 0.171. The average molecular weight is 306 g/mol. The van der Waals surface area contributed by atoms with Crippen molar-refractivity contribution >= 4 is 40.7 Å². The molecule has 20 heavy (non-hydrogen) atoms. The van der Waals surface area contributed by atoms with Gasteiger partial charge in [0.1, 0.15) is 0 Å². The zero-order valence-electron chi connectivity index (χ0n) is 10.3. The third-order valence-corrected chi connectivity index (χ3v) is 4.02. The van der Waals surface area contributed by atoms with Gasteiger partial charge >= 0.3 is 0 Å². The van der Waals surface area contributed by atoms with Gasteiger partial charge in [-0.25, -0.2) is 4.90 Å². The van der Waals surface area contributed by atoms with Crippen LogP contribution in [-0.2, 0) is 11.2 Å². The molecule has 0 spiro atoms. The molecule has 100 valence electrons. The number of hydrogen-bond donors (Lipinski definition) is 0. The van der Waals surface area contributed by atoms with Gasteiger partial charge in [0.25, 0.3) is 5.91 Å². The molecule has 1 aliphatic heterocycles. The van der Waals surface area contributed by atoms with Crippen LogP contribution in [0.25, 0.3) is 0 Å². The van der Waals surface area contributed by atoms with Gasteiger partial charge in [0, 0.05) is 5.56 Å². The van der Waals surface area contributed by atoms with Crippen LogP contribution in [0.5, 0.6) is 0 Å². The van der Waals surface area contributed by atoms with Gasteiger partial charge in [0.2, 0.25) is 5.91 Å². The minimum atomic E-state index is -0.374. The van der Waals surface area contributed by atoms with Crippen molar-refractivity contribution in [3.63, 3.8) is 0 Å². The predicted molar refractivity (Wildman–Crippen MR) is 78.4 cm³/mol. The molecular weight excluding hydrogens is 297 g/mol. The molecule has 2 aromatic carbocycles. The van der Waals surface area contributed by atoms with Crippen molar-refractivity contribution in [2.24, 2.45) is 0 Å². The number of benzene rings is 2. The Hall–Kier alpha value is -1.84. The van der Waals surface area contributed by atoms with Gasteiger partial charge in [-0.05, 0) is 23.8 Å². The second-order valence-corrected chi connectivity index (χ2v) is 5.23. The van der Waals surface area contributed by atoms with Gasteiger partial charge in [-0.3, -0.25) is 9.59 Å². The predicted octanol–water partition coefficient (Wildman–Crippen LogP) is 3.72. The lowest BCUT2D eigenvalue weighted by Gasteiger charge is -2.27. The molecule has 0 saturated carbocycles. The topological polar surface area (TPSA) is 37.4 Å². The number of halogens is 2. The highest BCUT2D eigenvalue weighted by Gasteiger charge is 2.33. The minimum Gasteiger partial charge on any atom is -0.274 e. The molecule has 0 aromatic heterocycles. The zero-order valence-corrected chi connectivity index (χ0v) is 11.8. The van der Waals surface area contributed by atoms with Crippen LogP contribution in [0, 0.1) is 0 Å². The van der Waals surface area contributed by atoms with Crippen LogP contribution in [-0.4, -0.2) is 11.8 Å². The molecule has 1 heterocycles. The maximum absolute atomic E-state index is 12.5. The standard InChI is InChI=1S/C15H9Cl2NO2/c16-11-6-3-7-12(14(11)17)18-13(19)8-9-4-1-2-5-10(9)15(18)20/h1-7H,8H2. The molecule has 1 aliphatic rings. The van der Waals surface area contributed by atoms with Crippen LogP contribution in [0.2, 0.25) is 10.0 Å². The van der Waals surface area contributed by atoms with Crippen molar-refractivity contribution in [3.05, 3.63) is 63.6 Å². The lowest BCUT2D eigenvalue weighted by atomic mass is 9.98. The molecule has 5 heteroatoms. The smallest absolute Gasteiger partial charge is 0.265 e. The second kappa shape index (κ2) is 4.93. The molecule has 0 unspecified atom stereocenters. The normalized spacial score (nSPS) is 14.4. The lowest BCUT2D eigenvalue weighted by molar-refractivity contribution is -0.117. The van der Waals surface area contributed by atoms with Crippen LogP contribution < -0.4 is 4.90 Å². The Morgan fingerprint density at radius 3 is 2.50 bits per heavy atom. The molecule has 0 saturated heterocycles. The number of carbonyl (C=O) groups is 2. The monoisotopic (exact) mass is 305 g/mol. The highest BCUT2D eigenvalue weighted by molar-refractivity contribution is 6.45. The van der Waals surface area contributed by atoms with E-state index in [1.807, 2.05) is 0 Å². The van der Waals surface area contributed by atoms with Gasteiger partial charge in [-0.2, -0.15) is 0 Å². The fourth-order valence-electron chi connectivity index (χ4n) is 2.27. The van der Waals surface area contributed by atoms with E-state index in [0.29, 0.717) is 16.3 Å². The van der Waals surface area contributed by atoms with Crippen molar-refractivity contribution in [2.45, 2.75) is 6.42 Å². The summed E-state index contributed by atoms with van der Waals surface area (Å²) in [7, 11) is 0. The maximum atomic E-state index is 12.5. The summed E-state index contributed by atoms with van der Waals surface area (Å²) in [6.45, 7) is 0. The van der Waals surface area contributed by atoms with Crippen LogP contribution >= 0.6 is 23.2 Å². The van der Waals surface area contributed by atoms with E-state index in [4.69, 9.17) is 23.2 Å². The summed E-state index contributed by atoms with van der Waals surface area (Å²) in [4.78, 5) is 25.8. The summed E-state index contributed by atoms with van der Waals surface area (Å²) in [5.74, 6) is -0.682. The molecule has 0 aliphatic carbocycles. The molecule has 0 fully saturated rings. The number of fused-ring (bicyclic) bond motifs is 1. The second-order valence-electron chi connectivity index (χ2n) is 4.44. The third-order valence-electron chi connectivity index (χ3n) is 3.21. The van der Waals surface area contributed by atoms with Crippen molar-refractivity contribution < 1.29 is 9.59 Å². The Balaban J connectivity index is 2.14. The largest absolute Gasteiger partial charge is 0.274 e. The Kier molecular flexibility index (Phi) is 3.24. The van der Waals surface area contributed by atoms with Crippen LogP contribution in [0.4, 0.5) is 5.69 Å². The lowest BCUT2D eigenvalue weighted by Crippen LogP contribution is -2.42. The highest BCUT2D eigenvalue weighted by atomic mass is 35.5. The summed E-state index contributed by atoms with van der Waals surface area (Å²) in [6, 6.07) is 11.9. The highest BCUT2D eigenvalue weighted by Crippen LogP contribution is 2.35. The first-order chi connectivity index (χ1) is 9.59. The molecule has 0 atom stereocenters. The summed E-state index contributed by atoms with van der Waals surface area (Å²) >= 11 is 12.1. The van der Waals surface area contributed by atoms with E-state index < -0.39 is 0 Å². The number of amides is 2. The van der Waals surface area contributed by atoms with Crippen molar-refractivity contribution in [3.8, 4) is 0 Å². The van der Waals surface area contributed by atoms with Gasteiger partial charge in [-0.15, -0.1) is 0 Å². The van der Waals surface area contributed by atoms with Gasteiger partial charge in [-0.1, -0.05) is 47.5 Å². The fraction of sp³-hybridized carbons (Fsp3) is 0.0667. The summed E-state index contributed by atoms with van der Waals surface area (Å²) in [5.41, 5.74) is 1.57. The van der Waals surface area contributed by atoms with E-state index in [2.05, 4.69) is 0 Å². The van der Waals surface area contributed by atoms with Crippen LogP contribution in [0.15, 0.2) is 42.5 Å². The van der Waals surface area contributed by atoms with E-state index in [-0.39, 0.29) is 23.3 Å². The Morgan fingerprint density at radius 2 is 1.70 bits per heavy atom. The summed E-state index contributed by atoms with van der Waals surface area (Å²) < 4.78 is 0. The first-order valence-corrected chi connectivity index (χ1v) is 6.74. The molecular formula is C15H9Cl2NO2. The molecule has 0 radical (unpaired) electrons. The van der Waals surface area contributed by atoms with Crippen molar-refractivity contribution in [1.29, 1.82) is 0 Å². The first-order valence-electron chi connectivity index (χ1n) is 5.99. The van der Waals surface area contributed by atoms with E-state index in [1.54, 1.807) is 42.5 Å². The Bertz CT molecular complexity index is 728. The summed E-state index contributed by atoms with van der Waals surface area (Å²) in [5, 5.41) is 0.513. The molecule has 2 amide bonds. The third kappa shape index (κ3) is 1.99. The van der Waals surface area contributed by atoms with Gasteiger partial charge < -0.3 is 0 Å². The number of carbonyl (C=O) groups excluding carboxylic acids is 2. The molecule has 0 N–H and O–H groups in total. The summed E-state index contributed by atoms with van der Waals surface area (Å²) in [6.07, 6.45) is 0.171. The van der Waals surface area contributed by atoms with Gasteiger partial charge in [0.15, 0.2) is 0 Å². The van der Waals surface area contributed by atoms with Crippen LogP contribution in [0.3, 0.4) is 0 Å². The van der Waals surface area contributed by atoms with E-state index in [1.165, 1.54) is 0 Å². The first kappa shape index (κ1) is 13.2. The van der Waals surface area contributed by atoms with E-state index in [0.717, 1.165) is 10.5 Å². The van der Waals surface area contributed by atoms with Gasteiger partial charge in [0.05, 0.1) is 22.2 Å². The van der Waals surface area contributed by atoms with Crippen LogP contribution in [0.1, 0.15) is 15.9 Å². The van der Waals surface area contributed by atoms with E-state index >= 15 is 0 Å². The zero-order chi connectivity index (χ0) is 14.3. The maximum Gasteiger partial charge on any atom is 0.265 e. The molecule has 3 nitrogen and oxygen atoms in total. The fourth-order valence-corrected chi connectivity index (χ4v) is 2.65. The molecule has 2 aromatic rings. The Labute approximate surface area is 125 Å². The van der Waals surface area contributed by atoms with Crippen molar-refractivity contribution in [2.75, 3.05) is 4.90 Å². The SMILES string of the molecule is O=C1Cc2ccccc2C(=O)N1c1cccc(Cl)c1Cl.